The van der Waals surface area contributed by atoms with Crippen molar-refractivity contribution in [2.24, 2.45) is 5.10 Å². The number of nitrogens with two attached hydrogens (primary N) is 1. The molecule has 12 heteroatoms. The maximum atomic E-state index is 11.9. The zero-order valence-corrected chi connectivity index (χ0v) is 19.2. The first-order valence-corrected chi connectivity index (χ1v) is 10.4. The van der Waals surface area contributed by atoms with E-state index in [1.54, 1.807) is 30.3 Å². The molecule has 1 aromatic heterocycles. The van der Waals surface area contributed by atoms with Crippen LogP contribution in [0.15, 0.2) is 44.5 Å². The summed E-state index contributed by atoms with van der Waals surface area (Å²) in [4.78, 5) is 11.9. The van der Waals surface area contributed by atoms with Gasteiger partial charge in [0.25, 0.3) is 5.91 Å². The molecule has 3 N–H and O–H groups in total. The van der Waals surface area contributed by atoms with E-state index in [-0.39, 0.29) is 18.1 Å². The Balaban J connectivity index is 1.74. The van der Waals surface area contributed by atoms with Gasteiger partial charge in [0.15, 0.2) is 11.5 Å². The molecular weight excluding hydrogens is 513 g/mol. The average Bonchev–Trinajstić information content (AvgIpc) is 3.15. The Hall–Kier alpha value is -2.82. The summed E-state index contributed by atoms with van der Waals surface area (Å²) in [5, 5.41) is 11.7. The molecule has 0 atom stereocenters. The van der Waals surface area contributed by atoms with Crippen LogP contribution < -0.4 is 20.6 Å². The number of rotatable bonds is 8. The van der Waals surface area contributed by atoms with Gasteiger partial charge >= 0.3 is 0 Å². The molecule has 0 saturated carbocycles. The van der Waals surface area contributed by atoms with E-state index in [9.17, 15) is 4.79 Å². The standard InChI is InChI=1S/C19H16BrCl2N5O4/c1-2-29-15-6-10(8-24-25-19(28)16-18(23)27-31-26-16)5-13(20)17(15)30-9-11-3-4-12(21)7-14(11)22/h3-8H,2,9H2,1H3,(H2,23,27)(H,25,28)/b24-8-. The number of hydrogen-bond acceptors (Lipinski definition) is 8. The van der Waals surface area contributed by atoms with Gasteiger partial charge in [-0.1, -0.05) is 29.3 Å². The highest BCUT2D eigenvalue weighted by atomic mass is 79.9. The van der Waals surface area contributed by atoms with Gasteiger partial charge < -0.3 is 15.2 Å². The summed E-state index contributed by atoms with van der Waals surface area (Å²) in [6.07, 6.45) is 1.43. The molecule has 9 nitrogen and oxygen atoms in total. The van der Waals surface area contributed by atoms with Gasteiger partial charge in [-0.05, 0) is 63.0 Å². The fourth-order valence-electron chi connectivity index (χ4n) is 2.43. The molecule has 0 aliphatic heterocycles. The van der Waals surface area contributed by atoms with Crippen molar-refractivity contribution in [3.63, 3.8) is 0 Å². The summed E-state index contributed by atoms with van der Waals surface area (Å²) in [7, 11) is 0. The third kappa shape index (κ3) is 5.87. The SMILES string of the molecule is CCOc1cc(/C=N\NC(=O)c2nonc2N)cc(Br)c1OCc1ccc(Cl)cc1Cl. The van der Waals surface area contributed by atoms with Crippen molar-refractivity contribution >= 4 is 57.1 Å². The summed E-state index contributed by atoms with van der Waals surface area (Å²) in [6, 6.07) is 8.65. The second kappa shape index (κ2) is 10.5. The molecule has 0 saturated heterocycles. The van der Waals surface area contributed by atoms with E-state index in [2.05, 4.69) is 41.4 Å². The fourth-order valence-corrected chi connectivity index (χ4v) is 3.46. The molecule has 31 heavy (non-hydrogen) atoms. The number of nitrogens with zero attached hydrogens (tertiary/aromatic N) is 3. The first kappa shape index (κ1) is 22.9. The molecule has 0 aliphatic rings. The van der Waals surface area contributed by atoms with E-state index in [4.69, 9.17) is 38.4 Å². The number of amides is 1. The van der Waals surface area contributed by atoms with Gasteiger partial charge in [-0.15, -0.1) is 0 Å². The van der Waals surface area contributed by atoms with Gasteiger partial charge in [-0.3, -0.25) is 4.79 Å². The molecule has 3 rings (SSSR count). The lowest BCUT2D eigenvalue weighted by Gasteiger charge is -2.15. The second-order valence-corrected chi connectivity index (χ2v) is 7.68. The monoisotopic (exact) mass is 527 g/mol. The third-order valence-corrected chi connectivity index (χ3v) is 5.00. The van der Waals surface area contributed by atoms with Gasteiger partial charge in [0.05, 0.1) is 17.3 Å². The van der Waals surface area contributed by atoms with E-state index < -0.39 is 5.91 Å². The first-order valence-electron chi connectivity index (χ1n) is 8.83. The largest absolute Gasteiger partial charge is 0.490 e. The maximum absolute atomic E-state index is 11.9. The minimum Gasteiger partial charge on any atom is -0.490 e. The molecule has 3 aromatic rings. The van der Waals surface area contributed by atoms with Crippen LogP contribution in [-0.2, 0) is 6.61 Å². The van der Waals surface area contributed by atoms with E-state index in [0.29, 0.717) is 38.2 Å². The van der Waals surface area contributed by atoms with Gasteiger partial charge in [0, 0.05) is 15.6 Å². The molecule has 1 amide bonds. The van der Waals surface area contributed by atoms with Gasteiger partial charge in [-0.25, -0.2) is 10.1 Å². The summed E-state index contributed by atoms with van der Waals surface area (Å²) in [5.74, 6) is 0.199. The van der Waals surface area contributed by atoms with Crippen molar-refractivity contribution in [1.82, 2.24) is 15.7 Å². The predicted molar refractivity (Wildman–Crippen MR) is 120 cm³/mol. The first-order chi connectivity index (χ1) is 14.9. The quantitative estimate of drug-likeness (QED) is 0.326. The van der Waals surface area contributed by atoms with Crippen LogP contribution in [-0.4, -0.2) is 29.0 Å². The van der Waals surface area contributed by atoms with Crippen LogP contribution in [0.25, 0.3) is 0 Å². The van der Waals surface area contributed by atoms with Crippen LogP contribution >= 0.6 is 39.1 Å². The lowest BCUT2D eigenvalue weighted by atomic mass is 10.2. The van der Waals surface area contributed by atoms with Crippen molar-refractivity contribution in [2.45, 2.75) is 13.5 Å². The van der Waals surface area contributed by atoms with E-state index in [1.165, 1.54) is 6.21 Å². The highest BCUT2D eigenvalue weighted by Crippen LogP contribution is 2.37. The van der Waals surface area contributed by atoms with Crippen molar-refractivity contribution in [3.05, 3.63) is 61.7 Å². The molecule has 0 fully saturated rings. The van der Waals surface area contributed by atoms with Gasteiger partial charge in [0.2, 0.25) is 11.5 Å². The summed E-state index contributed by atoms with van der Waals surface area (Å²) < 4.78 is 16.6. The number of ether oxygens (including phenoxy) is 2. The van der Waals surface area contributed by atoms with E-state index in [1.807, 2.05) is 6.92 Å². The van der Waals surface area contributed by atoms with Crippen molar-refractivity contribution < 1.29 is 18.9 Å². The molecule has 0 unspecified atom stereocenters. The molecule has 2 aromatic carbocycles. The lowest BCUT2D eigenvalue weighted by Crippen LogP contribution is -2.19. The highest BCUT2D eigenvalue weighted by molar-refractivity contribution is 9.10. The molecule has 0 bridgehead atoms. The number of halogens is 3. The summed E-state index contributed by atoms with van der Waals surface area (Å²) in [5.41, 5.74) is 9.02. The number of hydrogen-bond donors (Lipinski definition) is 2. The summed E-state index contributed by atoms with van der Waals surface area (Å²) in [6.45, 7) is 2.48. The zero-order chi connectivity index (χ0) is 22.4. The molecular formula is C19H16BrCl2N5O4. The van der Waals surface area contributed by atoms with Crippen LogP contribution in [0.1, 0.15) is 28.5 Å². The van der Waals surface area contributed by atoms with E-state index >= 15 is 0 Å². The number of hydrazone groups is 1. The van der Waals surface area contributed by atoms with Crippen LogP contribution in [0.3, 0.4) is 0 Å². The number of anilines is 1. The minimum atomic E-state index is -0.654. The third-order valence-electron chi connectivity index (χ3n) is 3.83. The number of carbonyl (C=O) groups excluding carboxylic acids is 1. The Labute approximate surface area is 195 Å². The fraction of sp³-hybridized carbons (Fsp3) is 0.158. The molecule has 0 spiro atoms. The maximum Gasteiger partial charge on any atom is 0.297 e. The van der Waals surface area contributed by atoms with Crippen molar-refractivity contribution in [2.75, 3.05) is 12.3 Å². The topological polar surface area (TPSA) is 125 Å². The van der Waals surface area contributed by atoms with Crippen molar-refractivity contribution in [1.29, 1.82) is 0 Å². The molecule has 1 heterocycles. The van der Waals surface area contributed by atoms with Crippen LogP contribution in [0, 0.1) is 0 Å². The van der Waals surface area contributed by atoms with E-state index in [0.717, 1.165) is 5.56 Å². The highest BCUT2D eigenvalue weighted by Gasteiger charge is 2.16. The van der Waals surface area contributed by atoms with Gasteiger partial charge in [-0.2, -0.15) is 5.10 Å². The second-order valence-electron chi connectivity index (χ2n) is 5.98. The number of nitrogen functional groups attached to an aromatic ring is 1. The van der Waals surface area contributed by atoms with Crippen molar-refractivity contribution in [3.8, 4) is 11.5 Å². The Bertz CT molecular complexity index is 1120. The number of aromatic nitrogens is 2. The van der Waals surface area contributed by atoms with Crippen LogP contribution in [0.5, 0.6) is 11.5 Å². The Morgan fingerprint density at radius 2 is 2.10 bits per heavy atom. The number of carbonyl (C=O) groups is 1. The lowest BCUT2D eigenvalue weighted by molar-refractivity contribution is 0.0946. The Morgan fingerprint density at radius 1 is 1.29 bits per heavy atom. The number of nitrogens with one attached hydrogen (secondary N) is 1. The predicted octanol–water partition coefficient (Wildman–Crippen LogP) is 4.46. The Morgan fingerprint density at radius 3 is 2.77 bits per heavy atom. The molecule has 162 valence electrons. The van der Waals surface area contributed by atoms with Crippen LogP contribution in [0.4, 0.5) is 5.82 Å². The minimum absolute atomic E-state index is 0.128. The molecule has 0 radical (unpaired) electrons. The van der Waals surface area contributed by atoms with Crippen LogP contribution in [0.2, 0.25) is 10.0 Å². The normalized spacial score (nSPS) is 11.0. The average molecular weight is 529 g/mol. The zero-order valence-electron chi connectivity index (χ0n) is 16.1. The Kier molecular flexibility index (Phi) is 7.72. The molecule has 0 aliphatic carbocycles. The smallest absolute Gasteiger partial charge is 0.297 e. The van der Waals surface area contributed by atoms with Gasteiger partial charge in [0.1, 0.15) is 6.61 Å². The number of benzene rings is 2. The summed E-state index contributed by atoms with van der Waals surface area (Å²) >= 11 is 15.6.